The van der Waals surface area contributed by atoms with Gasteiger partial charge in [-0.3, -0.25) is 14.5 Å². The molecule has 184 valence electrons. The number of benzene rings is 1. The van der Waals surface area contributed by atoms with Crippen molar-refractivity contribution in [3.05, 3.63) is 29.8 Å². The molecule has 2 heterocycles. The Morgan fingerprint density at radius 2 is 1.91 bits per heavy atom. The zero-order valence-corrected chi connectivity index (χ0v) is 22.5. The van der Waals surface area contributed by atoms with Crippen LogP contribution in [-0.4, -0.2) is 80.4 Å². The van der Waals surface area contributed by atoms with Gasteiger partial charge in [0.2, 0.25) is 11.8 Å². The van der Waals surface area contributed by atoms with Gasteiger partial charge in [-0.15, -0.1) is 24.0 Å². The van der Waals surface area contributed by atoms with Crippen molar-refractivity contribution in [2.45, 2.75) is 51.6 Å². The SMILES string of the molecule is CCNC(=NCc1ccc(N2CCCC2=O)cc1)NCCCN1CCCC1C(=O)N(C)C.I. The summed E-state index contributed by atoms with van der Waals surface area (Å²) in [6.45, 7) is 6.96. The Balaban J connectivity index is 0.00000385. The summed E-state index contributed by atoms with van der Waals surface area (Å²) in [7, 11) is 3.66. The summed E-state index contributed by atoms with van der Waals surface area (Å²) in [6, 6.07) is 8.14. The number of likely N-dealkylation sites (N-methyl/N-ethyl adjacent to an activating group) is 1. The highest BCUT2D eigenvalue weighted by Gasteiger charge is 2.31. The highest BCUT2D eigenvalue weighted by Crippen LogP contribution is 2.22. The van der Waals surface area contributed by atoms with Crippen LogP contribution < -0.4 is 15.5 Å². The first-order chi connectivity index (χ1) is 15.5. The van der Waals surface area contributed by atoms with Crippen molar-refractivity contribution < 1.29 is 9.59 Å². The number of nitrogens with one attached hydrogen (secondary N) is 2. The molecule has 2 amide bonds. The van der Waals surface area contributed by atoms with Crippen molar-refractivity contribution in [2.75, 3.05) is 51.7 Å². The van der Waals surface area contributed by atoms with Gasteiger partial charge in [0.05, 0.1) is 12.6 Å². The van der Waals surface area contributed by atoms with Crippen LogP contribution in [0, 0.1) is 0 Å². The van der Waals surface area contributed by atoms with Gasteiger partial charge >= 0.3 is 0 Å². The van der Waals surface area contributed by atoms with Crippen LogP contribution >= 0.6 is 24.0 Å². The topological polar surface area (TPSA) is 80.3 Å². The van der Waals surface area contributed by atoms with E-state index in [4.69, 9.17) is 4.99 Å². The summed E-state index contributed by atoms with van der Waals surface area (Å²) < 4.78 is 0. The van der Waals surface area contributed by atoms with E-state index in [1.54, 1.807) is 4.90 Å². The minimum atomic E-state index is 0. The highest BCUT2D eigenvalue weighted by atomic mass is 127. The van der Waals surface area contributed by atoms with Crippen molar-refractivity contribution in [2.24, 2.45) is 4.99 Å². The molecule has 2 N–H and O–H groups in total. The van der Waals surface area contributed by atoms with E-state index in [0.717, 1.165) is 75.6 Å². The molecule has 1 aromatic carbocycles. The van der Waals surface area contributed by atoms with Gasteiger partial charge in [-0.25, -0.2) is 4.99 Å². The van der Waals surface area contributed by atoms with Crippen LogP contribution in [0.4, 0.5) is 5.69 Å². The van der Waals surface area contributed by atoms with Crippen LogP contribution in [0.2, 0.25) is 0 Å². The number of hydrogen-bond donors (Lipinski definition) is 2. The van der Waals surface area contributed by atoms with Gasteiger partial charge in [-0.1, -0.05) is 12.1 Å². The number of guanidine groups is 1. The molecule has 2 aliphatic rings. The maximum absolute atomic E-state index is 12.3. The number of rotatable bonds is 9. The Labute approximate surface area is 215 Å². The Morgan fingerprint density at radius 1 is 1.15 bits per heavy atom. The predicted molar refractivity (Wildman–Crippen MR) is 144 cm³/mol. The predicted octanol–water partition coefficient (Wildman–Crippen LogP) is 2.43. The lowest BCUT2D eigenvalue weighted by atomic mass is 10.2. The van der Waals surface area contributed by atoms with Crippen LogP contribution in [0.5, 0.6) is 0 Å². The summed E-state index contributed by atoms with van der Waals surface area (Å²) in [4.78, 5) is 34.8. The molecule has 2 aliphatic heterocycles. The fourth-order valence-corrected chi connectivity index (χ4v) is 4.37. The van der Waals surface area contributed by atoms with Crippen LogP contribution in [0.15, 0.2) is 29.3 Å². The van der Waals surface area contributed by atoms with E-state index in [1.807, 2.05) is 43.3 Å². The third-order valence-electron chi connectivity index (χ3n) is 6.09. The summed E-state index contributed by atoms with van der Waals surface area (Å²) in [5.41, 5.74) is 2.08. The average molecular weight is 571 g/mol. The van der Waals surface area contributed by atoms with E-state index < -0.39 is 0 Å². The molecule has 0 saturated carbocycles. The lowest BCUT2D eigenvalue weighted by Gasteiger charge is -2.26. The third kappa shape index (κ3) is 7.84. The van der Waals surface area contributed by atoms with E-state index >= 15 is 0 Å². The summed E-state index contributed by atoms with van der Waals surface area (Å²) in [5, 5.41) is 6.70. The fraction of sp³-hybridized carbons (Fsp3) is 0.625. The summed E-state index contributed by atoms with van der Waals surface area (Å²) in [6.07, 6.45) is 4.59. The number of aliphatic imine (C=N–C) groups is 1. The maximum atomic E-state index is 12.3. The number of halogens is 1. The molecule has 1 atom stereocenters. The second kappa shape index (κ2) is 13.7. The lowest BCUT2D eigenvalue weighted by molar-refractivity contribution is -0.133. The molecule has 1 unspecified atom stereocenters. The number of carbonyl (C=O) groups excluding carboxylic acids is 2. The molecule has 2 fully saturated rings. The van der Waals surface area contributed by atoms with Crippen molar-refractivity contribution in [1.29, 1.82) is 0 Å². The highest BCUT2D eigenvalue weighted by molar-refractivity contribution is 14.0. The van der Waals surface area contributed by atoms with Gasteiger partial charge < -0.3 is 20.4 Å². The van der Waals surface area contributed by atoms with Gasteiger partial charge in [0, 0.05) is 52.4 Å². The van der Waals surface area contributed by atoms with Crippen molar-refractivity contribution in [3.8, 4) is 0 Å². The first kappa shape index (κ1) is 27.4. The van der Waals surface area contributed by atoms with E-state index in [1.165, 1.54) is 0 Å². The second-order valence-electron chi connectivity index (χ2n) is 8.72. The Morgan fingerprint density at radius 3 is 2.55 bits per heavy atom. The lowest BCUT2D eigenvalue weighted by Crippen LogP contribution is -2.44. The van der Waals surface area contributed by atoms with Crippen LogP contribution in [0.25, 0.3) is 0 Å². The van der Waals surface area contributed by atoms with Gasteiger partial charge in [-0.05, 0) is 56.8 Å². The number of likely N-dealkylation sites (tertiary alicyclic amines) is 1. The van der Waals surface area contributed by atoms with E-state index in [-0.39, 0.29) is 41.8 Å². The van der Waals surface area contributed by atoms with Crippen molar-refractivity contribution in [1.82, 2.24) is 20.4 Å². The van der Waals surface area contributed by atoms with Crippen LogP contribution in [-0.2, 0) is 16.1 Å². The first-order valence-corrected chi connectivity index (χ1v) is 11.9. The molecule has 0 radical (unpaired) electrons. The Bertz CT molecular complexity index is 799. The number of amides is 2. The minimum absolute atomic E-state index is 0. The van der Waals surface area contributed by atoms with Gasteiger partial charge in [0.1, 0.15) is 0 Å². The average Bonchev–Trinajstić information content (AvgIpc) is 3.43. The first-order valence-electron chi connectivity index (χ1n) is 11.9. The zero-order chi connectivity index (χ0) is 22.9. The standard InChI is InChI=1S/C24H38N6O2.HI/c1-4-25-24(26-14-7-16-29-15-5-8-21(29)23(32)28(2)3)27-18-19-10-12-20(13-11-19)30-17-6-9-22(30)31;/h10-13,21H,4-9,14-18H2,1-3H3,(H2,25,26,27);1H. The molecule has 0 bridgehead atoms. The maximum Gasteiger partial charge on any atom is 0.239 e. The second-order valence-corrected chi connectivity index (χ2v) is 8.72. The number of nitrogens with zero attached hydrogens (tertiary/aromatic N) is 4. The molecular weight excluding hydrogens is 531 g/mol. The molecule has 1 aromatic rings. The quantitative estimate of drug-likeness (QED) is 0.207. The summed E-state index contributed by atoms with van der Waals surface area (Å²) >= 11 is 0. The molecule has 8 nitrogen and oxygen atoms in total. The smallest absolute Gasteiger partial charge is 0.239 e. The molecule has 3 rings (SSSR count). The Hall–Kier alpha value is -1.88. The number of carbonyl (C=O) groups is 2. The van der Waals surface area contributed by atoms with Gasteiger partial charge in [0.15, 0.2) is 5.96 Å². The largest absolute Gasteiger partial charge is 0.357 e. The molecule has 0 aromatic heterocycles. The van der Waals surface area contributed by atoms with Crippen LogP contribution in [0.3, 0.4) is 0 Å². The zero-order valence-electron chi connectivity index (χ0n) is 20.2. The Kier molecular flexibility index (Phi) is 11.4. The molecule has 33 heavy (non-hydrogen) atoms. The minimum Gasteiger partial charge on any atom is -0.357 e. The molecular formula is C24H39IN6O2. The van der Waals surface area contributed by atoms with E-state index in [0.29, 0.717) is 13.0 Å². The molecule has 0 spiro atoms. The van der Waals surface area contributed by atoms with E-state index in [9.17, 15) is 9.59 Å². The molecule has 2 saturated heterocycles. The van der Waals surface area contributed by atoms with Crippen molar-refractivity contribution >= 4 is 47.4 Å². The van der Waals surface area contributed by atoms with Crippen molar-refractivity contribution in [3.63, 3.8) is 0 Å². The van der Waals surface area contributed by atoms with Gasteiger partial charge in [-0.2, -0.15) is 0 Å². The number of anilines is 1. The number of hydrogen-bond acceptors (Lipinski definition) is 4. The third-order valence-corrected chi connectivity index (χ3v) is 6.09. The van der Waals surface area contributed by atoms with E-state index in [2.05, 4.69) is 22.5 Å². The fourth-order valence-electron chi connectivity index (χ4n) is 4.37. The van der Waals surface area contributed by atoms with Crippen LogP contribution in [0.1, 0.15) is 44.6 Å². The summed E-state index contributed by atoms with van der Waals surface area (Å²) in [5.74, 6) is 1.22. The normalized spacial score (nSPS) is 18.9. The monoisotopic (exact) mass is 570 g/mol. The van der Waals surface area contributed by atoms with Gasteiger partial charge in [0.25, 0.3) is 0 Å². The molecule has 0 aliphatic carbocycles. The molecule has 9 heteroatoms.